The van der Waals surface area contributed by atoms with Gasteiger partial charge in [-0.25, -0.2) is 0 Å². The molecule has 5 heteroatoms. The minimum atomic E-state index is -0.771. The molecule has 2 aromatic rings. The first-order valence-electron chi connectivity index (χ1n) is 6.48. The van der Waals surface area contributed by atoms with E-state index in [1.54, 1.807) is 18.2 Å². The summed E-state index contributed by atoms with van der Waals surface area (Å²) in [4.78, 5) is 0. The lowest BCUT2D eigenvalue weighted by atomic mass is 9.97. The molecule has 0 saturated heterocycles. The van der Waals surface area contributed by atoms with E-state index in [4.69, 9.17) is 4.74 Å². The van der Waals surface area contributed by atoms with Gasteiger partial charge in [0.25, 0.3) is 0 Å². The SMILES string of the molecule is Cc1csc(OC(C)(C)C(O)Cc2cccc[n+]2[O-])c1. The summed E-state index contributed by atoms with van der Waals surface area (Å²) in [5.74, 6) is 0. The molecule has 0 saturated carbocycles. The van der Waals surface area contributed by atoms with Gasteiger partial charge in [-0.1, -0.05) is 6.07 Å². The first-order chi connectivity index (χ1) is 9.38. The number of rotatable bonds is 5. The largest absolute Gasteiger partial charge is 0.619 e. The van der Waals surface area contributed by atoms with E-state index in [2.05, 4.69) is 0 Å². The van der Waals surface area contributed by atoms with Crippen molar-refractivity contribution in [3.05, 3.63) is 52.3 Å². The Morgan fingerprint density at radius 2 is 2.20 bits per heavy atom. The highest BCUT2D eigenvalue weighted by Gasteiger charge is 2.32. The number of aliphatic hydroxyl groups is 1. The van der Waals surface area contributed by atoms with Crippen molar-refractivity contribution in [3.8, 4) is 5.06 Å². The fourth-order valence-corrected chi connectivity index (χ4v) is 2.74. The molecule has 2 rings (SSSR count). The van der Waals surface area contributed by atoms with Crippen LogP contribution in [0, 0.1) is 12.1 Å². The third-order valence-electron chi connectivity index (χ3n) is 3.18. The lowest BCUT2D eigenvalue weighted by Gasteiger charge is -2.30. The van der Waals surface area contributed by atoms with Gasteiger partial charge in [-0.3, -0.25) is 0 Å². The van der Waals surface area contributed by atoms with Crippen molar-refractivity contribution < 1.29 is 14.6 Å². The number of aromatic nitrogens is 1. The number of aryl methyl sites for hydroxylation is 1. The summed E-state index contributed by atoms with van der Waals surface area (Å²) >= 11 is 1.50. The predicted molar refractivity (Wildman–Crippen MR) is 78.9 cm³/mol. The number of nitrogens with zero attached hydrogens (tertiary/aromatic N) is 1. The number of hydrogen-bond donors (Lipinski definition) is 1. The van der Waals surface area contributed by atoms with Crippen LogP contribution in [0.15, 0.2) is 35.8 Å². The third kappa shape index (κ3) is 3.49. The Balaban J connectivity index is 2.07. The second kappa shape index (κ2) is 5.81. The zero-order valence-electron chi connectivity index (χ0n) is 11.9. The molecule has 1 N–H and O–H groups in total. The molecular formula is C15H19NO3S. The van der Waals surface area contributed by atoms with Gasteiger partial charge in [-0.2, -0.15) is 4.73 Å². The molecule has 108 valence electrons. The Labute approximate surface area is 122 Å². The van der Waals surface area contributed by atoms with E-state index in [-0.39, 0.29) is 6.42 Å². The van der Waals surface area contributed by atoms with Gasteiger partial charge in [0.15, 0.2) is 17.0 Å². The summed E-state index contributed by atoms with van der Waals surface area (Å²) in [6, 6.07) is 7.10. The van der Waals surface area contributed by atoms with Crippen molar-refractivity contribution in [2.24, 2.45) is 0 Å². The molecule has 0 spiro atoms. The fraction of sp³-hybridized carbons (Fsp3) is 0.400. The molecular weight excluding hydrogens is 274 g/mol. The molecule has 4 nitrogen and oxygen atoms in total. The number of thiophene rings is 1. The monoisotopic (exact) mass is 293 g/mol. The van der Waals surface area contributed by atoms with Crippen molar-refractivity contribution >= 4 is 11.3 Å². The maximum Gasteiger partial charge on any atom is 0.195 e. The van der Waals surface area contributed by atoms with Gasteiger partial charge >= 0.3 is 0 Å². The highest BCUT2D eigenvalue weighted by molar-refractivity contribution is 7.12. The number of hydrogen-bond acceptors (Lipinski definition) is 4. The lowest BCUT2D eigenvalue weighted by molar-refractivity contribution is -0.614. The van der Waals surface area contributed by atoms with E-state index in [1.165, 1.54) is 17.5 Å². The van der Waals surface area contributed by atoms with Gasteiger partial charge < -0.3 is 15.1 Å². The molecule has 20 heavy (non-hydrogen) atoms. The Bertz CT molecular complexity index is 580. The molecule has 0 aliphatic rings. The van der Waals surface area contributed by atoms with Crippen LogP contribution in [-0.4, -0.2) is 16.8 Å². The molecule has 2 heterocycles. The molecule has 0 aliphatic heterocycles. The Kier molecular flexibility index (Phi) is 4.30. The third-order valence-corrected chi connectivity index (χ3v) is 4.10. The van der Waals surface area contributed by atoms with Gasteiger partial charge in [-0.15, -0.1) is 11.3 Å². The summed E-state index contributed by atoms with van der Waals surface area (Å²) in [7, 11) is 0. The highest BCUT2D eigenvalue weighted by atomic mass is 32.1. The quantitative estimate of drug-likeness (QED) is 0.680. The van der Waals surface area contributed by atoms with Crippen LogP contribution in [0.1, 0.15) is 25.1 Å². The first-order valence-corrected chi connectivity index (χ1v) is 7.36. The Morgan fingerprint density at radius 1 is 1.45 bits per heavy atom. The van der Waals surface area contributed by atoms with E-state index in [1.807, 2.05) is 32.2 Å². The summed E-state index contributed by atoms with van der Waals surface area (Å²) in [5, 5.41) is 24.7. The second-order valence-corrected chi connectivity index (χ2v) is 6.26. The van der Waals surface area contributed by atoms with E-state index in [0.29, 0.717) is 5.69 Å². The average Bonchev–Trinajstić information content (AvgIpc) is 2.76. The van der Waals surface area contributed by atoms with Crippen LogP contribution in [-0.2, 0) is 6.42 Å². The van der Waals surface area contributed by atoms with E-state index < -0.39 is 11.7 Å². The maximum absolute atomic E-state index is 11.6. The van der Waals surface area contributed by atoms with Gasteiger partial charge in [0.1, 0.15) is 11.7 Å². The van der Waals surface area contributed by atoms with Crippen LogP contribution in [0.2, 0.25) is 0 Å². The number of ether oxygens (including phenoxy) is 1. The molecule has 1 unspecified atom stereocenters. The van der Waals surface area contributed by atoms with Crippen molar-refractivity contribution in [2.75, 3.05) is 0 Å². The smallest absolute Gasteiger partial charge is 0.195 e. The summed E-state index contributed by atoms with van der Waals surface area (Å²) in [6.07, 6.45) is 0.910. The summed E-state index contributed by atoms with van der Waals surface area (Å²) in [6.45, 7) is 5.65. The summed E-state index contributed by atoms with van der Waals surface area (Å²) < 4.78 is 6.63. The van der Waals surface area contributed by atoms with Crippen molar-refractivity contribution in [1.82, 2.24) is 0 Å². The topological polar surface area (TPSA) is 56.4 Å². The number of aliphatic hydroxyl groups excluding tert-OH is 1. The van der Waals surface area contributed by atoms with Crippen molar-refractivity contribution in [1.29, 1.82) is 0 Å². The van der Waals surface area contributed by atoms with Gasteiger partial charge in [0, 0.05) is 12.1 Å². The first kappa shape index (κ1) is 14.8. The normalized spacial score (nSPS) is 13.2. The molecule has 0 aromatic carbocycles. The van der Waals surface area contributed by atoms with Crippen molar-refractivity contribution in [3.63, 3.8) is 0 Å². The van der Waals surface area contributed by atoms with Crippen LogP contribution >= 0.6 is 11.3 Å². The molecule has 2 aromatic heterocycles. The minimum Gasteiger partial charge on any atom is -0.619 e. The van der Waals surface area contributed by atoms with E-state index >= 15 is 0 Å². The maximum atomic E-state index is 11.6. The predicted octanol–water partition coefficient (Wildman–Crippen LogP) is 2.45. The highest BCUT2D eigenvalue weighted by Crippen LogP contribution is 2.28. The Morgan fingerprint density at radius 3 is 2.80 bits per heavy atom. The average molecular weight is 293 g/mol. The van der Waals surface area contributed by atoms with Crippen LogP contribution in [0.25, 0.3) is 0 Å². The zero-order valence-corrected chi connectivity index (χ0v) is 12.7. The molecule has 0 aliphatic carbocycles. The van der Waals surface area contributed by atoms with Crippen LogP contribution in [0.5, 0.6) is 5.06 Å². The van der Waals surface area contributed by atoms with E-state index in [0.717, 1.165) is 15.4 Å². The molecule has 0 fully saturated rings. The lowest BCUT2D eigenvalue weighted by Crippen LogP contribution is -2.45. The molecule has 0 amide bonds. The Hall–Kier alpha value is -1.59. The summed E-state index contributed by atoms with van der Waals surface area (Å²) in [5.41, 5.74) is 0.898. The standard InChI is InChI=1S/C15H19NO3S/c1-11-8-14(20-10-11)19-15(2,3)13(17)9-12-6-4-5-7-16(12)18/h4-8,10,13,17H,9H2,1-3H3. The van der Waals surface area contributed by atoms with E-state index in [9.17, 15) is 10.3 Å². The van der Waals surface area contributed by atoms with Crippen LogP contribution in [0.4, 0.5) is 0 Å². The minimum absolute atomic E-state index is 0.252. The van der Waals surface area contributed by atoms with Gasteiger partial charge in [-0.05, 0) is 37.8 Å². The second-order valence-electron chi connectivity index (χ2n) is 5.39. The van der Waals surface area contributed by atoms with Crippen LogP contribution in [0.3, 0.4) is 0 Å². The number of pyridine rings is 1. The van der Waals surface area contributed by atoms with Crippen molar-refractivity contribution in [2.45, 2.75) is 38.9 Å². The van der Waals surface area contributed by atoms with Crippen LogP contribution < -0.4 is 9.47 Å². The zero-order chi connectivity index (χ0) is 14.8. The molecule has 0 bridgehead atoms. The fourth-order valence-electron chi connectivity index (χ4n) is 1.85. The molecule has 1 atom stereocenters. The molecule has 0 radical (unpaired) electrons. The van der Waals surface area contributed by atoms with Gasteiger partial charge in [0.05, 0.1) is 6.42 Å². The van der Waals surface area contributed by atoms with Gasteiger partial charge in [0.2, 0.25) is 0 Å².